The molecule has 0 heterocycles. The van der Waals surface area contributed by atoms with Crippen molar-refractivity contribution in [2.24, 2.45) is 5.92 Å². The molecule has 0 aromatic heterocycles. The molecule has 1 aromatic carbocycles. The van der Waals surface area contributed by atoms with Crippen molar-refractivity contribution in [2.45, 2.75) is 56.9 Å². The molecule has 2 aliphatic rings. The molecule has 0 saturated heterocycles. The normalized spacial score (nSPS) is 25.6. The molecule has 142 valence electrons. The summed E-state index contributed by atoms with van der Waals surface area (Å²) in [5.41, 5.74) is 3.03. The number of carbonyl (C=O) groups is 1. The number of anilines is 1. The van der Waals surface area contributed by atoms with E-state index in [0.717, 1.165) is 29.7 Å². The van der Waals surface area contributed by atoms with Crippen LogP contribution in [0.4, 0.5) is 18.9 Å². The summed E-state index contributed by atoms with van der Waals surface area (Å²) < 4.78 is 44.5. The Bertz CT molecular complexity index is 678. The second-order valence-electron chi connectivity index (χ2n) is 7.16. The highest BCUT2D eigenvalue weighted by Gasteiger charge is 2.42. The van der Waals surface area contributed by atoms with Crippen molar-refractivity contribution in [1.82, 2.24) is 0 Å². The van der Waals surface area contributed by atoms with Crippen molar-refractivity contribution < 1.29 is 22.7 Å². The van der Waals surface area contributed by atoms with Crippen LogP contribution in [0.5, 0.6) is 0 Å². The predicted molar refractivity (Wildman–Crippen MR) is 94.0 cm³/mol. The SMILES string of the molecule is C=CC(=O)N(C)c1ccc2c(c1)CCC2OC1CCC(C(F)(F)F)CC1. The summed E-state index contributed by atoms with van der Waals surface area (Å²) in [6.45, 7) is 3.50. The number of carbonyl (C=O) groups excluding carboxylic acids is 1. The van der Waals surface area contributed by atoms with Gasteiger partial charge in [-0.1, -0.05) is 12.6 Å². The number of halogens is 3. The van der Waals surface area contributed by atoms with Gasteiger partial charge in [0.25, 0.3) is 0 Å². The lowest BCUT2D eigenvalue weighted by atomic mass is 9.87. The van der Waals surface area contributed by atoms with Crippen molar-refractivity contribution in [2.75, 3.05) is 11.9 Å². The topological polar surface area (TPSA) is 29.5 Å². The van der Waals surface area contributed by atoms with E-state index in [-0.39, 0.29) is 31.0 Å². The van der Waals surface area contributed by atoms with Gasteiger partial charge in [-0.2, -0.15) is 13.2 Å². The summed E-state index contributed by atoms with van der Waals surface area (Å²) in [7, 11) is 1.70. The quantitative estimate of drug-likeness (QED) is 0.704. The van der Waals surface area contributed by atoms with E-state index in [0.29, 0.717) is 12.8 Å². The number of hydrogen-bond donors (Lipinski definition) is 0. The number of aryl methyl sites for hydroxylation is 1. The summed E-state index contributed by atoms with van der Waals surface area (Å²) in [5, 5.41) is 0. The molecule has 1 atom stereocenters. The molecule has 2 aliphatic carbocycles. The van der Waals surface area contributed by atoms with Gasteiger partial charge in [0.05, 0.1) is 18.1 Å². The molecule has 3 rings (SSSR count). The Morgan fingerprint density at radius 2 is 1.92 bits per heavy atom. The maximum Gasteiger partial charge on any atom is 0.391 e. The lowest BCUT2D eigenvalue weighted by Gasteiger charge is -2.31. The van der Waals surface area contributed by atoms with E-state index in [1.54, 1.807) is 11.9 Å². The molecule has 0 aliphatic heterocycles. The van der Waals surface area contributed by atoms with Crippen molar-refractivity contribution in [3.8, 4) is 0 Å². The average Bonchev–Trinajstić information content (AvgIpc) is 3.02. The molecule has 1 saturated carbocycles. The second-order valence-corrected chi connectivity index (χ2v) is 7.16. The smallest absolute Gasteiger partial charge is 0.370 e. The van der Waals surface area contributed by atoms with E-state index < -0.39 is 12.1 Å². The van der Waals surface area contributed by atoms with Gasteiger partial charge in [-0.05, 0) is 67.9 Å². The van der Waals surface area contributed by atoms with Gasteiger partial charge >= 0.3 is 6.18 Å². The largest absolute Gasteiger partial charge is 0.391 e. The average molecular weight is 367 g/mol. The van der Waals surface area contributed by atoms with E-state index in [9.17, 15) is 18.0 Å². The molecule has 0 bridgehead atoms. The number of likely N-dealkylation sites (N-methyl/N-ethyl adjacent to an activating group) is 1. The molecule has 0 spiro atoms. The van der Waals surface area contributed by atoms with Crippen molar-refractivity contribution in [1.29, 1.82) is 0 Å². The van der Waals surface area contributed by atoms with E-state index in [2.05, 4.69) is 6.58 Å². The Labute approximate surface area is 151 Å². The zero-order valence-corrected chi connectivity index (χ0v) is 14.9. The zero-order valence-electron chi connectivity index (χ0n) is 14.9. The molecule has 3 nitrogen and oxygen atoms in total. The molecular formula is C20H24F3NO2. The van der Waals surface area contributed by atoms with Crippen LogP contribution in [0, 0.1) is 5.92 Å². The summed E-state index contributed by atoms with van der Waals surface area (Å²) in [6.07, 6.45) is -0.0652. The van der Waals surface area contributed by atoms with Gasteiger partial charge < -0.3 is 9.64 Å². The lowest BCUT2D eigenvalue weighted by molar-refractivity contribution is -0.189. The Morgan fingerprint density at radius 1 is 1.23 bits per heavy atom. The van der Waals surface area contributed by atoms with Crippen LogP contribution in [0.15, 0.2) is 30.9 Å². The third kappa shape index (κ3) is 3.95. The highest BCUT2D eigenvalue weighted by molar-refractivity contribution is 6.00. The fourth-order valence-electron chi connectivity index (χ4n) is 3.94. The summed E-state index contributed by atoms with van der Waals surface area (Å²) in [5.74, 6) is -1.35. The molecule has 1 aromatic rings. The summed E-state index contributed by atoms with van der Waals surface area (Å²) >= 11 is 0. The minimum Gasteiger partial charge on any atom is -0.370 e. The first-order valence-electron chi connectivity index (χ1n) is 9.04. The summed E-state index contributed by atoms with van der Waals surface area (Å²) in [4.78, 5) is 13.3. The fourth-order valence-corrected chi connectivity index (χ4v) is 3.94. The monoisotopic (exact) mass is 367 g/mol. The third-order valence-electron chi connectivity index (χ3n) is 5.54. The number of fused-ring (bicyclic) bond motifs is 1. The van der Waals surface area contributed by atoms with Gasteiger partial charge in [0, 0.05) is 12.7 Å². The van der Waals surface area contributed by atoms with Crippen molar-refractivity contribution >= 4 is 11.6 Å². The molecule has 0 N–H and O–H groups in total. The number of nitrogens with zero attached hydrogens (tertiary/aromatic N) is 1. The van der Waals surface area contributed by atoms with E-state index in [1.165, 1.54) is 6.08 Å². The van der Waals surface area contributed by atoms with Gasteiger partial charge in [-0.3, -0.25) is 4.79 Å². The first-order valence-corrected chi connectivity index (χ1v) is 9.04. The van der Waals surface area contributed by atoms with Gasteiger partial charge in [0.2, 0.25) is 5.91 Å². The molecule has 6 heteroatoms. The van der Waals surface area contributed by atoms with Gasteiger partial charge in [0.15, 0.2) is 0 Å². The first kappa shape index (κ1) is 19.0. The third-order valence-corrected chi connectivity index (χ3v) is 5.54. The second kappa shape index (κ2) is 7.43. The van der Waals surface area contributed by atoms with Gasteiger partial charge in [-0.15, -0.1) is 0 Å². The van der Waals surface area contributed by atoms with Crippen LogP contribution in [0.25, 0.3) is 0 Å². The fraction of sp³-hybridized carbons (Fsp3) is 0.550. The van der Waals surface area contributed by atoms with Crippen LogP contribution in [0.2, 0.25) is 0 Å². The Kier molecular flexibility index (Phi) is 5.42. The highest BCUT2D eigenvalue weighted by atomic mass is 19.4. The van der Waals surface area contributed by atoms with Crippen LogP contribution in [-0.2, 0) is 16.0 Å². The van der Waals surface area contributed by atoms with E-state index in [1.807, 2.05) is 18.2 Å². The van der Waals surface area contributed by atoms with Crippen LogP contribution >= 0.6 is 0 Å². The number of alkyl halides is 3. The van der Waals surface area contributed by atoms with Crippen molar-refractivity contribution in [3.05, 3.63) is 42.0 Å². The number of hydrogen-bond acceptors (Lipinski definition) is 2. The van der Waals surface area contributed by atoms with Gasteiger partial charge in [-0.25, -0.2) is 0 Å². The minimum atomic E-state index is -4.09. The first-order chi connectivity index (χ1) is 12.3. The minimum absolute atomic E-state index is 0.0631. The predicted octanol–water partition coefficient (Wildman–Crippen LogP) is 4.96. The number of rotatable bonds is 4. The Balaban J connectivity index is 1.62. The Hall–Kier alpha value is -1.82. The van der Waals surface area contributed by atoms with Crippen molar-refractivity contribution in [3.63, 3.8) is 0 Å². The van der Waals surface area contributed by atoms with E-state index >= 15 is 0 Å². The van der Waals surface area contributed by atoms with Crippen LogP contribution in [0.1, 0.15) is 49.3 Å². The van der Waals surface area contributed by atoms with Gasteiger partial charge in [0.1, 0.15) is 0 Å². The number of benzene rings is 1. The van der Waals surface area contributed by atoms with E-state index in [4.69, 9.17) is 4.74 Å². The Morgan fingerprint density at radius 3 is 2.54 bits per heavy atom. The lowest BCUT2D eigenvalue weighted by Crippen LogP contribution is -2.31. The maximum atomic E-state index is 12.8. The molecule has 1 amide bonds. The summed E-state index contributed by atoms with van der Waals surface area (Å²) in [6, 6.07) is 5.83. The standard InChI is InChI=1S/C20H24F3NO2/c1-3-19(25)24(2)15-7-10-17-13(12-15)4-11-18(17)26-16-8-5-14(6-9-16)20(21,22)23/h3,7,10,12,14,16,18H,1,4-6,8-9,11H2,2H3. The van der Waals surface area contributed by atoms with Crippen LogP contribution in [0.3, 0.4) is 0 Å². The molecule has 1 unspecified atom stereocenters. The highest BCUT2D eigenvalue weighted by Crippen LogP contribution is 2.42. The number of amides is 1. The maximum absolute atomic E-state index is 12.8. The van der Waals surface area contributed by atoms with Crippen LogP contribution < -0.4 is 4.90 Å². The zero-order chi connectivity index (χ0) is 18.9. The molecular weight excluding hydrogens is 343 g/mol. The number of ether oxygens (including phenoxy) is 1. The van der Waals surface area contributed by atoms with Crippen LogP contribution in [-0.4, -0.2) is 25.2 Å². The molecule has 0 radical (unpaired) electrons. The molecule has 26 heavy (non-hydrogen) atoms. The molecule has 1 fully saturated rings.